The van der Waals surface area contributed by atoms with Crippen molar-refractivity contribution in [3.63, 3.8) is 0 Å². The van der Waals surface area contributed by atoms with Crippen LogP contribution in [0.5, 0.6) is 5.75 Å². The molecule has 1 fully saturated rings. The summed E-state index contributed by atoms with van der Waals surface area (Å²) in [5.74, 6) is 2.72. The molecular formula is C14H19BrO. The van der Waals surface area contributed by atoms with Crippen LogP contribution in [0, 0.1) is 11.8 Å². The summed E-state index contributed by atoms with van der Waals surface area (Å²) in [6.45, 7) is 0. The Hall–Kier alpha value is -0.500. The smallest absolute Gasteiger partial charge is 0.122 e. The van der Waals surface area contributed by atoms with Crippen molar-refractivity contribution >= 4 is 15.9 Å². The van der Waals surface area contributed by atoms with Crippen LogP contribution in [0.15, 0.2) is 24.3 Å². The Kier molecular flexibility index (Phi) is 4.28. The SMILES string of the molecule is COc1ccccc1CC(CBr)C1CCC1. The van der Waals surface area contributed by atoms with Crippen molar-refractivity contribution in [3.05, 3.63) is 29.8 Å². The molecule has 0 amide bonds. The Bertz CT molecular complexity index is 333. The lowest BCUT2D eigenvalue weighted by molar-refractivity contribution is 0.223. The zero-order chi connectivity index (χ0) is 11.4. The normalized spacial score (nSPS) is 17.9. The number of rotatable bonds is 5. The lowest BCUT2D eigenvalue weighted by atomic mass is 9.74. The average Bonchev–Trinajstić information content (AvgIpc) is 2.26. The molecule has 88 valence electrons. The molecule has 0 radical (unpaired) electrons. The van der Waals surface area contributed by atoms with E-state index in [2.05, 4.69) is 34.1 Å². The van der Waals surface area contributed by atoms with Gasteiger partial charge in [0.1, 0.15) is 5.75 Å². The fourth-order valence-corrected chi connectivity index (χ4v) is 3.17. The van der Waals surface area contributed by atoms with Crippen LogP contribution in [-0.4, -0.2) is 12.4 Å². The minimum absolute atomic E-state index is 0.769. The highest BCUT2D eigenvalue weighted by Crippen LogP contribution is 2.37. The monoisotopic (exact) mass is 282 g/mol. The molecule has 1 aliphatic rings. The van der Waals surface area contributed by atoms with Gasteiger partial charge in [-0.15, -0.1) is 0 Å². The van der Waals surface area contributed by atoms with Crippen LogP contribution < -0.4 is 4.74 Å². The first-order valence-corrected chi connectivity index (χ1v) is 7.15. The van der Waals surface area contributed by atoms with E-state index >= 15 is 0 Å². The number of hydrogen-bond donors (Lipinski definition) is 0. The van der Waals surface area contributed by atoms with Gasteiger partial charge in [-0.05, 0) is 29.9 Å². The molecule has 0 saturated heterocycles. The number of hydrogen-bond acceptors (Lipinski definition) is 1. The van der Waals surface area contributed by atoms with Crippen molar-refractivity contribution in [1.82, 2.24) is 0 Å². The predicted molar refractivity (Wildman–Crippen MR) is 71.3 cm³/mol. The summed E-state index contributed by atoms with van der Waals surface area (Å²) in [7, 11) is 1.76. The molecule has 1 saturated carbocycles. The standard InChI is InChI=1S/C14H19BrO/c1-16-14-8-3-2-5-12(14)9-13(10-15)11-6-4-7-11/h2-3,5,8,11,13H,4,6-7,9-10H2,1H3. The van der Waals surface area contributed by atoms with Gasteiger partial charge in [-0.25, -0.2) is 0 Å². The molecule has 2 rings (SSSR count). The maximum absolute atomic E-state index is 5.41. The molecular weight excluding hydrogens is 264 g/mol. The molecule has 1 aromatic rings. The zero-order valence-corrected chi connectivity index (χ0v) is 11.4. The Morgan fingerprint density at radius 1 is 1.38 bits per heavy atom. The summed E-state index contributed by atoms with van der Waals surface area (Å²) < 4.78 is 5.41. The third-order valence-corrected chi connectivity index (χ3v) is 4.52. The van der Waals surface area contributed by atoms with Crippen LogP contribution in [0.2, 0.25) is 0 Å². The van der Waals surface area contributed by atoms with E-state index in [0.29, 0.717) is 0 Å². The van der Waals surface area contributed by atoms with Gasteiger partial charge in [0.05, 0.1) is 7.11 Å². The van der Waals surface area contributed by atoms with Crippen molar-refractivity contribution in [1.29, 1.82) is 0 Å². The van der Waals surface area contributed by atoms with Crippen molar-refractivity contribution < 1.29 is 4.74 Å². The number of benzene rings is 1. The molecule has 1 aliphatic carbocycles. The van der Waals surface area contributed by atoms with Gasteiger partial charge in [0.2, 0.25) is 0 Å². The van der Waals surface area contributed by atoms with E-state index in [1.807, 2.05) is 6.07 Å². The van der Waals surface area contributed by atoms with Crippen LogP contribution in [0.4, 0.5) is 0 Å². The highest BCUT2D eigenvalue weighted by atomic mass is 79.9. The molecule has 0 aliphatic heterocycles. The first-order chi connectivity index (χ1) is 7.85. The van der Waals surface area contributed by atoms with Crippen molar-refractivity contribution in [2.75, 3.05) is 12.4 Å². The van der Waals surface area contributed by atoms with Gasteiger partial charge in [0.25, 0.3) is 0 Å². The first kappa shape index (κ1) is 12.0. The van der Waals surface area contributed by atoms with Crippen LogP contribution in [0.1, 0.15) is 24.8 Å². The summed E-state index contributed by atoms with van der Waals surface area (Å²) in [4.78, 5) is 0. The van der Waals surface area contributed by atoms with E-state index in [1.165, 1.54) is 24.8 Å². The van der Waals surface area contributed by atoms with Crippen molar-refractivity contribution in [2.45, 2.75) is 25.7 Å². The van der Waals surface area contributed by atoms with E-state index < -0.39 is 0 Å². The lowest BCUT2D eigenvalue weighted by Gasteiger charge is -2.33. The number of alkyl halides is 1. The molecule has 1 atom stereocenters. The molecule has 0 spiro atoms. The van der Waals surface area contributed by atoms with E-state index in [0.717, 1.165) is 29.3 Å². The van der Waals surface area contributed by atoms with Gasteiger partial charge >= 0.3 is 0 Å². The van der Waals surface area contributed by atoms with Crippen LogP contribution in [-0.2, 0) is 6.42 Å². The maximum Gasteiger partial charge on any atom is 0.122 e. The number of methoxy groups -OCH3 is 1. The third-order valence-electron chi connectivity index (χ3n) is 3.69. The topological polar surface area (TPSA) is 9.23 Å². The fourth-order valence-electron chi connectivity index (χ4n) is 2.41. The molecule has 0 N–H and O–H groups in total. The molecule has 1 aromatic carbocycles. The molecule has 0 heterocycles. The summed E-state index contributed by atoms with van der Waals surface area (Å²) in [5.41, 5.74) is 1.35. The predicted octanol–water partition coefficient (Wildman–Crippen LogP) is 4.05. The molecule has 2 heteroatoms. The van der Waals surface area contributed by atoms with Crippen molar-refractivity contribution in [2.24, 2.45) is 11.8 Å². The van der Waals surface area contributed by atoms with Gasteiger partial charge in [-0.2, -0.15) is 0 Å². The minimum atomic E-state index is 0.769. The van der Waals surface area contributed by atoms with Gasteiger partial charge in [0.15, 0.2) is 0 Å². The number of ether oxygens (including phenoxy) is 1. The molecule has 1 unspecified atom stereocenters. The Labute approximate surface area is 106 Å². The first-order valence-electron chi connectivity index (χ1n) is 6.03. The zero-order valence-electron chi connectivity index (χ0n) is 9.79. The van der Waals surface area contributed by atoms with Gasteiger partial charge in [0, 0.05) is 5.33 Å². The second-order valence-electron chi connectivity index (χ2n) is 4.62. The van der Waals surface area contributed by atoms with E-state index in [4.69, 9.17) is 4.74 Å². The van der Waals surface area contributed by atoms with E-state index in [-0.39, 0.29) is 0 Å². The quantitative estimate of drug-likeness (QED) is 0.741. The van der Waals surface area contributed by atoms with Gasteiger partial charge in [-0.3, -0.25) is 0 Å². The largest absolute Gasteiger partial charge is 0.496 e. The molecule has 0 bridgehead atoms. The number of halogens is 1. The second kappa shape index (κ2) is 5.72. The Morgan fingerprint density at radius 3 is 2.69 bits per heavy atom. The summed E-state index contributed by atoms with van der Waals surface area (Å²) in [5, 5.41) is 1.11. The second-order valence-corrected chi connectivity index (χ2v) is 5.27. The van der Waals surface area contributed by atoms with E-state index in [9.17, 15) is 0 Å². The average molecular weight is 283 g/mol. The van der Waals surface area contributed by atoms with Gasteiger partial charge < -0.3 is 4.74 Å². The molecule has 0 aromatic heterocycles. The van der Waals surface area contributed by atoms with Crippen LogP contribution in [0.3, 0.4) is 0 Å². The summed E-state index contributed by atoms with van der Waals surface area (Å²) in [6, 6.07) is 8.38. The highest BCUT2D eigenvalue weighted by Gasteiger charge is 2.27. The van der Waals surface area contributed by atoms with Crippen LogP contribution >= 0.6 is 15.9 Å². The van der Waals surface area contributed by atoms with Gasteiger partial charge in [-0.1, -0.05) is 53.4 Å². The summed E-state index contributed by atoms with van der Waals surface area (Å²) in [6.07, 6.45) is 5.37. The van der Waals surface area contributed by atoms with E-state index in [1.54, 1.807) is 7.11 Å². The van der Waals surface area contributed by atoms with Crippen LogP contribution in [0.25, 0.3) is 0 Å². The maximum atomic E-state index is 5.41. The number of para-hydroxylation sites is 1. The third kappa shape index (κ3) is 2.60. The Balaban J connectivity index is 2.05. The molecule has 16 heavy (non-hydrogen) atoms. The molecule has 1 nitrogen and oxygen atoms in total. The lowest BCUT2D eigenvalue weighted by Crippen LogP contribution is -2.25. The highest BCUT2D eigenvalue weighted by molar-refractivity contribution is 9.09. The fraction of sp³-hybridized carbons (Fsp3) is 0.571. The van der Waals surface area contributed by atoms with Crippen molar-refractivity contribution in [3.8, 4) is 5.75 Å². The summed E-state index contributed by atoms with van der Waals surface area (Å²) >= 11 is 3.65. The minimum Gasteiger partial charge on any atom is -0.496 e. The Morgan fingerprint density at radius 2 is 2.12 bits per heavy atom.